The van der Waals surface area contributed by atoms with E-state index in [1.54, 1.807) is 0 Å². The summed E-state index contributed by atoms with van der Waals surface area (Å²) in [6, 6.07) is 1.25. The molecule has 25 heavy (non-hydrogen) atoms. The highest BCUT2D eigenvalue weighted by atomic mass is 32.2. The van der Waals surface area contributed by atoms with Crippen LogP contribution in [0.15, 0.2) is 4.99 Å². The van der Waals surface area contributed by atoms with E-state index < -0.39 is 10.0 Å². The van der Waals surface area contributed by atoms with Gasteiger partial charge in [0.1, 0.15) is 0 Å². The maximum absolute atomic E-state index is 11.1. The van der Waals surface area contributed by atoms with E-state index in [1.807, 2.05) is 6.92 Å². The smallest absolute Gasteiger partial charge is 0.208 e. The van der Waals surface area contributed by atoms with Crippen LogP contribution in [0, 0.1) is 0 Å². The fourth-order valence-electron chi connectivity index (χ4n) is 3.77. The minimum absolute atomic E-state index is 0.329. The van der Waals surface area contributed by atoms with E-state index in [1.165, 1.54) is 38.4 Å². The number of hydrogen-bond donors (Lipinski definition) is 3. The van der Waals surface area contributed by atoms with Gasteiger partial charge in [0.2, 0.25) is 10.0 Å². The lowest BCUT2D eigenvalue weighted by Crippen LogP contribution is -2.51. The summed E-state index contributed by atoms with van der Waals surface area (Å²) in [5.74, 6) is 0.786. The first-order valence-electron chi connectivity index (χ1n) is 9.71. The molecule has 0 aromatic rings. The molecule has 1 saturated heterocycles. The monoisotopic (exact) mass is 373 g/mol. The molecule has 0 atom stereocenters. The Bertz CT molecular complexity index is 509. The molecule has 0 aromatic carbocycles. The summed E-state index contributed by atoms with van der Waals surface area (Å²) in [6.07, 6.45) is 10.4. The molecule has 0 amide bonds. The molecule has 3 N–H and O–H groups in total. The van der Waals surface area contributed by atoms with Crippen LogP contribution in [0.3, 0.4) is 0 Å². The summed E-state index contributed by atoms with van der Waals surface area (Å²) in [6.45, 7) is 5.93. The topological polar surface area (TPSA) is 85.8 Å². The summed E-state index contributed by atoms with van der Waals surface area (Å²) < 4.78 is 24.6. The zero-order valence-corrected chi connectivity index (χ0v) is 16.6. The number of nitrogens with zero attached hydrogens (tertiary/aromatic N) is 2. The first-order chi connectivity index (χ1) is 12.0. The Labute approximate surface area is 153 Å². The van der Waals surface area contributed by atoms with E-state index in [9.17, 15) is 8.42 Å². The van der Waals surface area contributed by atoms with Crippen molar-refractivity contribution in [1.29, 1.82) is 0 Å². The highest BCUT2D eigenvalue weighted by Gasteiger charge is 2.26. The highest BCUT2D eigenvalue weighted by molar-refractivity contribution is 7.88. The largest absolute Gasteiger partial charge is 0.357 e. The fraction of sp³-hybridized carbons (Fsp3) is 0.941. The standard InChI is InChI=1S/C17H35N5O2S/c1-3-18-17(19-11-12-20-25(2,23)24)21-15-9-13-22(14-10-15)16-7-5-4-6-8-16/h15-16,20H,3-14H2,1-2H3,(H2,18,19,21). The maximum atomic E-state index is 11.1. The van der Waals surface area contributed by atoms with Crippen LogP contribution in [0.25, 0.3) is 0 Å². The van der Waals surface area contributed by atoms with E-state index in [-0.39, 0.29) is 0 Å². The molecule has 1 heterocycles. The third-order valence-corrected chi connectivity index (χ3v) is 5.78. The Hall–Kier alpha value is -0.860. The van der Waals surface area contributed by atoms with E-state index in [0.29, 0.717) is 19.1 Å². The van der Waals surface area contributed by atoms with Gasteiger partial charge in [-0.05, 0) is 32.6 Å². The van der Waals surface area contributed by atoms with Gasteiger partial charge in [-0.25, -0.2) is 13.1 Å². The zero-order chi connectivity index (χ0) is 18.1. The van der Waals surface area contributed by atoms with Crippen LogP contribution in [0.5, 0.6) is 0 Å². The molecule has 0 aromatic heterocycles. The summed E-state index contributed by atoms with van der Waals surface area (Å²) in [7, 11) is -3.14. The van der Waals surface area contributed by atoms with Crippen LogP contribution in [0.1, 0.15) is 51.9 Å². The quantitative estimate of drug-likeness (QED) is 0.351. The lowest BCUT2D eigenvalue weighted by molar-refractivity contribution is 0.119. The van der Waals surface area contributed by atoms with Gasteiger partial charge < -0.3 is 15.5 Å². The normalized spacial score (nSPS) is 22.1. The zero-order valence-electron chi connectivity index (χ0n) is 15.8. The number of sulfonamides is 1. The Morgan fingerprint density at radius 1 is 1.12 bits per heavy atom. The van der Waals surface area contributed by atoms with E-state index in [4.69, 9.17) is 0 Å². The van der Waals surface area contributed by atoms with Gasteiger partial charge in [0.05, 0.1) is 12.8 Å². The van der Waals surface area contributed by atoms with Gasteiger partial charge in [-0.15, -0.1) is 0 Å². The summed E-state index contributed by atoms with van der Waals surface area (Å²) in [5.41, 5.74) is 0. The van der Waals surface area contributed by atoms with Crippen molar-refractivity contribution >= 4 is 16.0 Å². The molecule has 1 aliphatic heterocycles. The van der Waals surface area contributed by atoms with Crippen molar-refractivity contribution in [3.05, 3.63) is 0 Å². The van der Waals surface area contributed by atoms with Crippen LogP contribution >= 0.6 is 0 Å². The summed E-state index contributed by atoms with van der Waals surface area (Å²) >= 11 is 0. The van der Waals surface area contributed by atoms with Gasteiger partial charge >= 0.3 is 0 Å². The summed E-state index contributed by atoms with van der Waals surface area (Å²) in [4.78, 5) is 7.15. The van der Waals surface area contributed by atoms with Gasteiger partial charge in [0, 0.05) is 38.3 Å². The van der Waals surface area contributed by atoms with Crippen molar-refractivity contribution in [3.8, 4) is 0 Å². The van der Waals surface area contributed by atoms with Crippen LogP contribution in [0.4, 0.5) is 0 Å². The molecular formula is C17H35N5O2S. The van der Waals surface area contributed by atoms with Crippen LogP contribution in [-0.4, -0.2) is 70.3 Å². The van der Waals surface area contributed by atoms with Crippen molar-refractivity contribution in [2.24, 2.45) is 4.99 Å². The molecule has 146 valence electrons. The van der Waals surface area contributed by atoms with Crippen molar-refractivity contribution in [2.75, 3.05) is 39.0 Å². The number of hydrogen-bond acceptors (Lipinski definition) is 4. The average molecular weight is 374 g/mol. The molecule has 1 saturated carbocycles. The molecule has 7 nitrogen and oxygen atoms in total. The molecule has 0 bridgehead atoms. The van der Waals surface area contributed by atoms with Gasteiger partial charge in [-0.1, -0.05) is 19.3 Å². The second-order valence-corrected chi connectivity index (χ2v) is 9.01. The minimum Gasteiger partial charge on any atom is -0.357 e. The fourth-order valence-corrected chi connectivity index (χ4v) is 4.23. The molecule has 2 aliphatic rings. The molecule has 8 heteroatoms. The van der Waals surface area contributed by atoms with Gasteiger partial charge in [0.15, 0.2) is 5.96 Å². The molecule has 2 rings (SSSR count). The predicted octanol–water partition coefficient (Wildman–Crippen LogP) is 0.888. The lowest BCUT2D eigenvalue weighted by atomic mass is 9.92. The number of nitrogens with one attached hydrogen (secondary N) is 3. The maximum Gasteiger partial charge on any atom is 0.208 e. The van der Waals surface area contributed by atoms with E-state index >= 15 is 0 Å². The molecule has 0 spiro atoms. The Kier molecular flexibility index (Phi) is 8.45. The lowest BCUT2D eigenvalue weighted by Gasteiger charge is -2.39. The summed E-state index contributed by atoms with van der Waals surface area (Å²) in [5, 5.41) is 6.76. The second-order valence-electron chi connectivity index (χ2n) is 7.17. The SMILES string of the molecule is CCNC(=NCCNS(C)(=O)=O)NC1CCN(C2CCCCC2)CC1. The average Bonchev–Trinajstić information content (AvgIpc) is 2.59. The number of guanidine groups is 1. The number of likely N-dealkylation sites (tertiary alicyclic amines) is 1. The number of aliphatic imine (C=N–C) groups is 1. The predicted molar refractivity (Wildman–Crippen MR) is 103 cm³/mol. The van der Waals surface area contributed by atoms with Crippen LogP contribution in [0.2, 0.25) is 0 Å². The number of rotatable bonds is 7. The van der Waals surface area contributed by atoms with Crippen LogP contribution < -0.4 is 15.4 Å². The van der Waals surface area contributed by atoms with Crippen molar-refractivity contribution in [3.63, 3.8) is 0 Å². The molecule has 2 fully saturated rings. The highest BCUT2D eigenvalue weighted by Crippen LogP contribution is 2.25. The molecular weight excluding hydrogens is 338 g/mol. The van der Waals surface area contributed by atoms with E-state index in [0.717, 1.165) is 44.5 Å². The minimum atomic E-state index is -3.14. The Morgan fingerprint density at radius 3 is 2.40 bits per heavy atom. The second kappa shape index (κ2) is 10.3. The Balaban J connectivity index is 1.74. The van der Waals surface area contributed by atoms with Gasteiger partial charge in [-0.2, -0.15) is 0 Å². The van der Waals surface area contributed by atoms with Crippen molar-refractivity contribution in [1.82, 2.24) is 20.3 Å². The Morgan fingerprint density at radius 2 is 1.80 bits per heavy atom. The molecule has 0 radical (unpaired) electrons. The van der Waals surface area contributed by atoms with Gasteiger partial charge in [0.25, 0.3) is 0 Å². The first-order valence-corrected chi connectivity index (χ1v) is 11.6. The third-order valence-electron chi connectivity index (χ3n) is 5.05. The first kappa shape index (κ1) is 20.5. The molecule has 0 unspecified atom stereocenters. The number of piperidine rings is 1. The van der Waals surface area contributed by atoms with Gasteiger partial charge in [-0.3, -0.25) is 4.99 Å². The third kappa shape index (κ3) is 7.92. The van der Waals surface area contributed by atoms with Crippen molar-refractivity contribution in [2.45, 2.75) is 64.0 Å². The van der Waals surface area contributed by atoms with Crippen LogP contribution in [-0.2, 0) is 10.0 Å². The van der Waals surface area contributed by atoms with Crippen molar-refractivity contribution < 1.29 is 8.42 Å². The van der Waals surface area contributed by atoms with E-state index in [2.05, 4.69) is 25.2 Å². The molecule has 1 aliphatic carbocycles.